The van der Waals surface area contributed by atoms with E-state index in [2.05, 4.69) is 58.1 Å². The Morgan fingerprint density at radius 2 is 2.00 bits per heavy atom. The van der Waals surface area contributed by atoms with Crippen LogP contribution in [0.25, 0.3) is 0 Å². The standard InChI is InChI=1S/C19H29N/c1-6-14-9-7-8-13(2)16(14)20-17-18(3,4)15-10-11-19(17,5)12-15/h7-9,15,17,20H,6,10-12H2,1-5H3/t15-,17?,19+/m0/s1. The van der Waals surface area contributed by atoms with Crippen LogP contribution in [0.2, 0.25) is 0 Å². The second kappa shape index (κ2) is 4.51. The summed E-state index contributed by atoms with van der Waals surface area (Å²) < 4.78 is 0. The summed E-state index contributed by atoms with van der Waals surface area (Å²) >= 11 is 0. The van der Waals surface area contributed by atoms with Crippen LogP contribution in [0, 0.1) is 23.7 Å². The van der Waals surface area contributed by atoms with E-state index in [-0.39, 0.29) is 0 Å². The molecule has 1 aromatic rings. The zero-order chi connectivity index (χ0) is 14.5. The molecule has 1 heteroatoms. The quantitative estimate of drug-likeness (QED) is 0.798. The van der Waals surface area contributed by atoms with Crippen molar-refractivity contribution < 1.29 is 0 Å². The molecule has 2 saturated carbocycles. The molecule has 1 unspecified atom stereocenters. The number of fused-ring (bicyclic) bond motifs is 2. The van der Waals surface area contributed by atoms with Crippen molar-refractivity contribution in [1.29, 1.82) is 0 Å². The van der Waals surface area contributed by atoms with Crippen LogP contribution in [0.4, 0.5) is 5.69 Å². The lowest BCUT2D eigenvalue weighted by atomic mass is 9.68. The lowest BCUT2D eigenvalue weighted by Gasteiger charge is -2.44. The molecule has 0 spiro atoms. The number of hydrogen-bond acceptors (Lipinski definition) is 1. The van der Waals surface area contributed by atoms with Gasteiger partial charge in [0.05, 0.1) is 0 Å². The van der Waals surface area contributed by atoms with Crippen molar-refractivity contribution in [3.8, 4) is 0 Å². The van der Waals surface area contributed by atoms with E-state index in [4.69, 9.17) is 0 Å². The van der Waals surface area contributed by atoms with E-state index < -0.39 is 0 Å². The predicted molar refractivity (Wildman–Crippen MR) is 87.2 cm³/mol. The minimum absolute atomic E-state index is 0.417. The van der Waals surface area contributed by atoms with E-state index >= 15 is 0 Å². The molecule has 0 radical (unpaired) electrons. The second-order valence-electron chi connectivity index (χ2n) is 7.96. The summed E-state index contributed by atoms with van der Waals surface area (Å²) in [5, 5.41) is 3.99. The SMILES string of the molecule is CCc1cccc(C)c1NC1C(C)(C)[C@H]2CC[C@]1(C)C2. The van der Waals surface area contributed by atoms with Crippen molar-refractivity contribution in [3.05, 3.63) is 29.3 Å². The molecule has 2 aliphatic carbocycles. The maximum atomic E-state index is 3.99. The molecule has 3 atom stereocenters. The van der Waals surface area contributed by atoms with Gasteiger partial charge in [0.2, 0.25) is 0 Å². The van der Waals surface area contributed by atoms with Crippen LogP contribution in [0.1, 0.15) is 58.1 Å². The van der Waals surface area contributed by atoms with Crippen LogP contribution < -0.4 is 5.32 Å². The third-order valence-electron chi connectivity index (χ3n) is 6.30. The van der Waals surface area contributed by atoms with E-state index in [1.165, 1.54) is 36.1 Å². The molecule has 1 nitrogen and oxygen atoms in total. The van der Waals surface area contributed by atoms with E-state index in [1.54, 1.807) is 0 Å². The number of hydrogen-bond donors (Lipinski definition) is 1. The van der Waals surface area contributed by atoms with Gasteiger partial charge in [0.15, 0.2) is 0 Å². The Labute approximate surface area is 124 Å². The van der Waals surface area contributed by atoms with Crippen LogP contribution in [-0.4, -0.2) is 6.04 Å². The van der Waals surface area contributed by atoms with Gasteiger partial charge in [-0.15, -0.1) is 0 Å². The zero-order valence-corrected chi connectivity index (χ0v) is 13.7. The highest BCUT2D eigenvalue weighted by Gasteiger charge is 2.59. The summed E-state index contributed by atoms with van der Waals surface area (Å²) in [5.74, 6) is 0.902. The molecule has 0 aromatic heterocycles. The van der Waals surface area contributed by atoms with Gasteiger partial charge in [-0.3, -0.25) is 0 Å². The number of para-hydroxylation sites is 1. The molecule has 20 heavy (non-hydrogen) atoms. The highest BCUT2D eigenvalue weighted by atomic mass is 15.0. The fraction of sp³-hybridized carbons (Fsp3) is 0.684. The van der Waals surface area contributed by atoms with Gasteiger partial charge in [0.1, 0.15) is 0 Å². The molecular formula is C19H29N. The van der Waals surface area contributed by atoms with Gasteiger partial charge in [-0.1, -0.05) is 45.9 Å². The molecule has 2 bridgehead atoms. The fourth-order valence-electron chi connectivity index (χ4n) is 5.04. The first kappa shape index (κ1) is 14.0. The van der Waals surface area contributed by atoms with Crippen LogP contribution >= 0.6 is 0 Å². The third-order valence-corrected chi connectivity index (χ3v) is 6.30. The molecule has 0 heterocycles. The van der Waals surface area contributed by atoms with E-state index in [1.807, 2.05) is 0 Å². The van der Waals surface area contributed by atoms with Crippen LogP contribution in [-0.2, 0) is 6.42 Å². The van der Waals surface area contributed by atoms with Gasteiger partial charge in [-0.25, -0.2) is 0 Å². The van der Waals surface area contributed by atoms with Crippen molar-refractivity contribution in [1.82, 2.24) is 0 Å². The first-order valence-electron chi connectivity index (χ1n) is 8.23. The molecule has 2 fully saturated rings. The summed E-state index contributed by atoms with van der Waals surface area (Å²) in [5.41, 5.74) is 5.17. The zero-order valence-electron chi connectivity index (χ0n) is 13.7. The minimum Gasteiger partial charge on any atom is -0.381 e. The Kier molecular flexibility index (Phi) is 3.15. The Hall–Kier alpha value is -0.980. The summed E-state index contributed by atoms with van der Waals surface area (Å²) in [7, 11) is 0. The van der Waals surface area contributed by atoms with Crippen molar-refractivity contribution >= 4 is 5.69 Å². The average molecular weight is 271 g/mol. The summed E-state index contributed by atoms with van der Waals surface area (Å²) in [6.45, 7) is 12.0. The summed E-state index contributed by atoms with van der Waals surface area (Å²) in [4.78, 5) is 0. The van der Waals surface area contributed by atoms with E-state index in [0.29, 0.717) is 16.9 Å². The van der Waals surface area contributed by atoms with Gasteiger partial charge in [-0.05, 0) is 60.5 Å². The van der Waals surface area contributed by atoms with Crippen molar-refractivity contribution in [3.63, 3.8) is 0 Å². The number of anilines is 1. The number of rotatable bonds is 3. The molecule has 0 saturated heterocycles. The third kappa shape index (κ3) is 1.89. The minimum atomic E-state index is 0.417. The Morgan fingerprint density at radius 1 is 1.25 bits per heavy atom. The molecular weight excluding hydrogens is 242 g/mol. The normalized spacial score (nSPS) is 34.5. The topological polar surface area (TPSA) is 12.0 Å². The monoisotopic (exact) mass is 271 g/mol. The van der Waals surface area contributed by atoms with Gasteiger partial charge >= 0.3 is 0 Å². The maximum Gasteiger partial charge on any atom is 0.0404 e. The fourth-order valence-corrected chi connectivity index (χ4v) is 5.04. The number of benzene rings is 1. The van der Waals surface area contributed by atoms with Crippen LogP contribution in [0.5, 0.6) is 0 Å². The summed E-state index contributed by atoms with van der Waals surface area (Å²) in [6, 6.07) is 7.31. The Bertz CT molecular complexity index is 512. The summed E-state index contributed by atoms with van der Waals surface area (Å²) in [6.07, 6.45) is 5.34. The van der Waals surface area contributed by atoms with Crippen molar-refractivity contribution in [2.45, 2.75) is 66.3 Å². The first-order valence-corrected chi connectivity index (χ1v) is 8.23. The van der Waals surface area contributed by atoms with Gasteiger partial charge in [-0.2, -0.15) is 0 Å². The lowest BCUT2D eigenvalue weighted by molar-refractivity contribution is 0.155. The van der Waals surface area contributed by atoms with E-state index in [0.717, 1.165) is 12.3 Å². The maximum absolute atomic E-state index is 3.99. The molecule has 110 valence electrons. The molecule has 1 aromatic carbocycles. The predicted octanol–water partition coefficient (Wildman–Crippen LogP) is 5.18. The Balaban J connectivity index is 1.96. The number of aryl methyl sites for hydroxylation is 2. The average Bonchev–Trinajstić information content (AvgIpc) is 2.87. The first-order chi connectivity index (χ1) is 9.38. The highest BCUT2D eigenvalue weighted by molar-refractivity contribution is 5.58. The lowest BCUT2D eigenvalue weighted by Crippen LogP contribution is -2.46. The molecule has 3 rings (SSSR count). The van der Waals surface area contributed by atoms with E-state index in [9.17, 15) is 0 Å². The van der Waals surface area contributed by atoms with Crippen molar-refractivity contribution in [2.75, 3.05) is 5.32 Å². The smallest absolute Gasteiger partial charge is 0.0404 e. The van der Waals surface area contributed by atoms with Crippen molar-refractivity contribution in [2.24, 2.45) is 16.7 Å². The molecule has 2 aliphatic rings. The highest BCUT2D eigenvalue weighted by Crippen LogP contribution is 2.63. The van der Waals surface area contributed by atoms with Crippen LogP contribution in [0.3, 0.4) is 0 Å². The molecule has 1 N–H and O–H groups in total. The Morgan fingerprint density at radius 3 is 2.60 bits per heavy atom. The largest absolute Gasteiger partial charge is 0.381 e. The van der Waals surface area contributed by atoms with Gasteiger partial charge in [0, 0.05) is 11.7 Å². The molecule has 0 aliphatic heterocycles. The molecule has 0 amide bonds. The second-order valence-corrected chi connectivity index (χ2v) is 7.96. The van der Waals surface area contributed by atoms with Gasteiger partial charge < -0.3 is 5.32 Å². The number of nitrogens with one attached hydrogen (secondary N) is 1. The van der Waals surface area contributed by atoms with Crippen LogP contribution in [0.15, 0.2) is 18.2 Å². The van der Waals surface area contributed by atoms with Gasteiger partial charge in [0.25, 0.3) is 0 Å².